The molecule has 0 saturated heterocycles. The van der Waals surface area contributed by atoms with Gasteiger partial charge in [0, 0.05) is 5.69 Å². The molecular weight excluding hydrogens is 315 g/mol. The molecular formula is C17H25FN2O4. The quantitative estimate of drug-likeness (QED) is 0.678. The van der Waals surface area contributed by atoms with Crippen LogP contribution in [-0.2, 0) is 9.53 Å². The van der Waals surface area contributed by atoms with Crippen molar-refractivity contribution >= 4 is 17.7 Å². The zero-order valence-electron chi connectivity index (χ0n) is 14.2. The summed E-state index contributed by atoms with van der Waals surface area (Å²) < 4.78 is 17.8. The van der Waals surface area contributed by atoms with Gasteiger partial charge in [0.2, 0.25) is 0 Å². The first kappa shape index (κ1) is 19.9. The van der Waals surface area contributed by atoms with Gasteiger partial charge < -0.3 is 15.2 Å². The van der Waals surface area contributed by atoms with Crippen LogP contribution < -0.4 is 10.6 Å². The van der Waals surface area contributed by atoms with Gasteiger partial charge in [-0.2, -0.15) is 0 Å². The van der Waals surface area contributed by atoms with Crippen molar-refractivity contribution < 1.29 is 23.8 Å². The highest BCUT2D eigenvalue weighted by molar-refractivity contribution is 5.89. The highest BCUT2D eigenvalue weighted by atomic mass is 19.1. The normalized spacial score (nSPS) is 14.6. The lowest BCUT2D eigenvalue weighted by Crippen LogP contribution is -2.50. The molecule has 0 radical (unpaired) electrons. The molecule has 0 saturated carbocycles. The smallest absolute Gasteiger partial charge is 0.412 e. The molecule has 0 aliphatic rings. The Balaban J connectivity index is 2.68. The van der Waals surface area contributed by atoms with E-state index in [9.17, 15) is 19.1 Å². The van der Waals surface area contributed by atoms with Crippen LogP contribution in [0.3, 0.4) is 0 Å². The van der Waals surface area contributed by atoms with Crippen molar-refractivity contribution in [3.63, 3.8) is 0 Å². The van der Waals surface area contributed by atoms with Gasteiger partial charge in [-0.1, -0.05) is 39.0 Å². The van der Waals surface area contributed by atoms with Crippen LogP contribution in [0, 0.1) is 5.92 Å². The van der Waals surface area contributed by atoms with Crippen LogP contribution in [0.5, 0.6) is 0 Å². The summed E-state index contributed by atoms with van der Waals surface area (Å²) in [6.45, 7) is 4.22. The van der Waals surface area contributed by atoms with Gasteiger partial charge in [0.25, 0.3) is 5.91 Å². The fourth-order valence-corrected chi connectivity index (χ4v) is 2.12. The zero-order chi connectivity index (χ0) is 18.1. The van der Waals surface area contributed by atoms with E-state index in [1.165, 1.54) is 0 Å². The first-order chi connectivity index (χ1) is 11.4. The van der Waals surface area contributed by atoms with E-state index in [0.29, 0.717) is 12.1 Å². The first-order valence-electron chi connectivity index (χ1n) is 7.96. The Morgan fingerprint density at radius 3 is 2.38 bits per heavy atom. The molecule has 6 nitrogen and oxygen atoms in total. The van der Waals surface area contributed by atoms with E-state index >= 15 is 0 Å². The second-order valence-electron chi connectivity index (χ2n) is 5.81. The fraction of sp³-hybridized carbons (Fsp3) is 0.529. The van der Waals surface area contributed by atoms with Crippen LogP contribution in [0.4, 0.5) is 14.9 Å². The number of hydrogen-bond donors (Lipinski definition) is 3. The number of benzene rings is 1. The minimum Gasteiger partial charge on any atom is -0.436 e. The molecule has 0 fully saturated rings. The van der Waals surface area contributed by atoms with Gasteiger partial charge in [0.15, 0.2) is 6.10 Å². The van der Waals surface area contributed by atoms with E-state index in [1.807, 2.05) is 6.07 Å². The number of nitrogens with one attached hydrogen (secondary N) is 2. The summed E-state index contributed by atoms with van der Waals surface area (Å²) in [5.41, 5.74) is 0.546. The number of para-hydroxylation sites is 1. The van der Waals surface area contributed by atoms with Crippen molar-refractivity contribution in [2.24, 2.45) is 5.92 Å². The number of amides is 2. The summed E-state index contributed by atoms with van der Waals surface area (Å²) in [5, 5.41) is 14.6. The third-order valence-corrected chi connectivity index (χ3v) is 3.51. The van der Waals surface area contributed by atoms with Crippen molar-refractivity contribution in [2.45, 2.75) is 45.4 Å². The standard InChI is InChI=1S/C17H25FN2O4/c1-4-13(14(21)10-18)20-16(22)15(11(2)3)24-17(23)19-12-8-6-5-7-9-12/h5-9,11,13-15,21H,4,10H2,1-3H3,(H,19,23)(H,20,22). The van der Waals surface area contributed by atoms with Crippen LogP contribution in [0.25, 0.3) is 0 Å². The summed E-state index contributed by atoms with van der Waals surface area (Å²) in [6, 6.07) is 7.97. The second kappa shape index (κ2) is 9.87. The van der Waals surface area contributed by atoms with Gasteiger partial charge in [-0.05, 0) is 24.5 Å². The minimum atomic E-state index is -1.29. The predicted molar refractivity (Wildman–Crippen MR) is 89.4 cm³/mol. The molecule has 0 aliphatic carbocycles. The zero-order valence-corrected chi connectivity index (χ0v) is 14.2. The predicted octanol–water partition coefficient (Wildman–Crippen LogP) is 2.48. The first-order valence-corrected chi connectivity index (χ1v) is 7.96. The van der Waals surface area contributed by atoms with Gasteiger partial charge in [0.1, 0.15) is 12.8 Å². The molecule has 1 aromatic carbocycles. The van der Waals surface area contributed by atoms with E-state index in [0.717, 1.165) is 0 Å². The second-order valence-corrected chi connectivity index (χ2v) is 5.81. The Kier molecular flexibility index (Phi) is 8.18. The SMILES string of the molecule is CCC(NC(=O)C(OC(=O)Nc1ccccc1)C(C)C)C(O)CF. The maximum Gasteiger partial charge on any atom is 0.412 e. The van der Waals surface area contributed by atoms with E-state index in [1.54, 1.807) is 45.0 Å². The number of aliphatic hydroxyl groups excluding tert-OH is 1. The third kappa shape index (κ3) is 6.16. The number of halogens is 1. The molecule has 0 aromatic heterocycles. The number of ether oxygens (including phenoxy) is 1. The van der Waals surface area contributed by atoms with Crippen LogP contribution in [0.15, 0.2) is 30.3 Å². The Labute approximate surface area is 141 Å². The Bertz CT molecular complexity index is 525. The lowest BCUT2D eigenvalue weighted by atomic mass is 10.0. The van der Waals surface area contributed by atoms with Crippen molar-refractivity contribution in [2.75, 3.05) is 12.0 Å². The van der Waals surface area contributed by atoms with Crippen LogP contribution in [-0.4, -0.2) is 42.0 Å². The number of carbonyl (C=O) groups excluding carboxylic acids is 2. The number of anilines is 1. The maximum absolute atomic E-state index is 12.6. The Hall–Kier alpha value is -2.15. The molecule has 1 aromatic rings. The molecule has 3 N–H and O–H groups in total. The number of rotatable bonds is 8. The average Bonchev–Trinajstić information content (AvgIpc) is 2.57. The molecule has 7 heteroatoms. The number of hydrogen-bond acceptors (Lipinski definition) is 4. The number of aliphatic hydroxyl groups is 1. The van der Waals surface area contributed by atoms with E-state index in [-0.39, 0.29) is 5.92 Å². The van der Waals surface area contributed by atoms with Crippen molar-refractivity contribution in [1.29, 1.82) is 0 Å². The van der Waals surface area contributed by atoms with Crippen LogP contribution in [0.2, 0.25) is 0 Å². The lowest BCUT2D eigenvalue weighted by molar-refractivity contribution is -0.133. The maximum atomic E-state index is 12.6. The molecule has 134 valence electrons. The monoisotopic (exact) mass is 340 g/mol. The van der Waals surface area contributed by atoms with Crippen LogP contribution in [0.1, 0.15) is 27.2 Å². The van der Waals surface area contributed by atoms with Gasteiger partial charge in [0.05, 0.1) is 6.04 Å². The summed E-state index contributed by atoms with van der Waals surface area (Å²) in [7, 11) is 0. The Morgan fingerprint density at radius 2 is 1.88 bits per heavy atom. The lowest BCUT2D eigenvalue weighted by Gasteiger charge is -2.26. The fourth-order valence-electron chi connectivity index (χ4n) is 2.12. The molecule has 0 spiro atoms. The summed E-state index contributed by atoms with van der Waals surface area (Å²) in [4.78, 5) is 24.3. The van der Waals surface area contributed by atoms with E-state index in [4.69, 9.17) is 4.74 Å². The van der Waals surface area contributed by atoms with Gasteiger partial charge >= 0.3 is 6.09 Å². The highest BCUT2D eigenvalue weighted by Gasteiger charge is 2.29. The largest absolute Gasteiger partial charge is 0.436 e. The molecule has 3 unspecified atom stereocenters. The molecule has 0 bridgehead atoms. The number of alkyl halides is 1. The third-order valence-electron chi connectivity index (χ3n) is 3.51. The number of carbonyl (C=O) groups is 2. The molecule has 0 aliphatic heterocycles. The molecule has 1 rings (SSSR count). The molecule has 0 heterocycles. The van der Waals surface area contributed by atoms with Gasteiger partial charge in [-0.25, -0.2) is 9.18 Å². The van der Waals surface area contributed by atoms with Gasteiger partial charge in [-0.15, -0.1) is 0 Å². The Morgan fingerprint density at radius 1 is 1.25 bits per heavy atom. The molecule has 24 heavy (non-hydrogen) atoms. The van der Waals surface area contributed by atoms with E-state index in [2.05, 4.69) is 10.6 Å². The average molecular weight is 340 g/mol. The van der Waals surface area contributed by atoms with Crippen molar-refractivity contribution in [1.82, 2.24) is 5.32 Å². The van der Waals surface area contributed by atoms with Gasteiger partial charge in [-0.3, -0.25) is 10.1 Å². The van der Waals surface area contributed by atoms with Crippen LogP contribution >= 0.6 is 0 Å². The summed E-state index contributed by atoms with van der Waals surface area (Å²) >= 11 is 0. The molecule has 2 amide bonds. The minimum absolute atomic E-state index is 0.286. The highest BCUT2D eigenvalue weighted by Crippen LogP contribution is 2.12. The summed E-state index contributed by atoms with van der Waals surface area (Å²) in [5.74, 6) is -0.848. The molecule has 3 atom stereocenters. The van der Waals surface area contributed by atoms with E-state index < -0.39 is 36.9 Å². The topological polar surface area (TPSA) is 87.7 Å². The van der Waals surface area contributed by atoms with Crippen molar-refractivity contribution in [3.8, 4) is 0 Å². The van der Waals surface area contributed by atoms with Crippen molar-refractivity contribution in [3.05, 3.63) is 30.3 Å². The summed E-state index contributed by atoms with van der Waals surface area (Å²) in [6.07, 6.45) is -2.73.